The Labute approximate surface area is 200 Å². The number of benzene rings is 1. The molecule has 0 saturated carbocycles. The lowest BCUT2D eigenvalue weighted by atomic mass is 10.0. The molecule has 0 radical (unpaired) electrons. The lowest BCUT2D eigenvalue weighted by Gasteiger charge is -2.29. The molecule has 0 bridgehead atoms. The van der Waals surface area contributed by atoms with Crippen LogP contribution in [0.4, 0.5) is 5.69 Å². The molecule has 2 amide bonds. The summed E-state index contributed by atoms with van der Waals surface area (Å²) in [4.78, 5) is 30.0. The predicted octanol–water partition coefficient (Wildman–Crippen LogP) is 4.76. The quantitative estimate of drug-likeness (QED) is 0.692. The average Bonchev–Trinajstić information content (AvgIpc) is 2.78. The fourth-order valence-corrected chi connectivity index (χ4v) is 4.76. The number of hydrogen-bond acceptors (Lipinski definition) is 4. The molecule has 0 unspecified atom stereocenters. The van der Waals surface area contributed by atoms with E-state index in [9.17, 15) is 9.59 Å². The van der Waals surface area contributed by atoms with Gasteiger partial charge in [0.15, 0.2) is 0 Å². The van der Waals surface area contributed by atoms with Crippen molar-refractivity contribution in [1.82, 2.24) is 10.2 Å². The van der Waals surface area contributed by atoms with Gasteiger partial charge in [-0.1, -0.05) is 33.1 Å². The molecular formula is C27H43N3O3. The number of carbonyl (C=O) groups is 2. The molecule has 1 aromatic rings. The third-order valence-electron chi connectivity index (χ3n) is 6.84. The number of hydrogen-bond donors (Lipinski definition) is 1. The van der Waals surface area contributed by atoms with Crippen LogP contribution in [0.1, 0.15) is 88.1 Å². The van der Waals surface area contributed by atoms with Crippen molar-refractivity contribution < 1.29 is 14.3 Å². The molecule has 2 aliphatic heterocycles. The van der Waals surface area contributed by atoms with Gasteiger partial charge in [-0.05, 0) is 74.9 Å². The van der Waals surface area contributed by atoms with Gasteiger partial charge in [-0.15, -0.1) is 0 Å². The second-order valence-corrected chi connectivity index (χ2v) is 10.1. The molecule has 1 saturated heterocycles. The van der Waals surface area contributed by atoms with Gasteiger partial charge < -0.3 is 15.0 Å². The Morgan fingerprint density at radius 3 is 2.45 bits per heavy atom. The Balaban J connectivity index is 1.87. The number of carbonyl (C=O) groups excluding carboxylic acids is 2. The first-order valence-electron chi connectivity index (χ1n) is 13.0. The Bertz CT molecular complexity index is 774. The molecule has 184 valence electrons. The highest BCUT2D eigenvalue weighted by Crippen LogP contribution is 2.26. The standard InChI is InChI=1S/C27H43N3O3/c1-21(2)11-16-29-14-7-5-4-6-8-15-30(22(3)31)26-10-9-23(19-24(26)20-29)27(32)28-25-12-17-33-18-13-25/h9-10,19,21,25H,4-8,11-18,20H2,1-3H3,(H,28,32). The Hall–Kier alpha value is -1.92. The number of anilines is 1. The summed E-state index contributed by atoms with van der Waals surface area (Å²) in [5.41, 5.74) is 2.72. The van der Waals surface area contributed by atoms with E-state index in [2.05, 4.69) is 24.1 Å². The molecule has 1 aromatic carbocycles. The second-order valence-electron chi connectivity index (χ2n) is 10.1. The van der Waals surface area contributed by atoms with Crippen LogP contribution in [0.3, 0.4) is 0 Å². The van der Waals surface area contributed by atoms with Crippen molar-refractivity contribution in [2.45, 2.75) is 84.7 Å². The highest BCUT2D eigenvalue weighted by atomic mass is 16.5. The van der Waals surface area contributed by atoms with Crippen LogP contribution in [0, 0.1) is 5.92 Å². The Kier molecular flexibility index (Phi) is 10.2. The molecule has 1 N–H and O–H groups in total. The highest BCUT2D eigenvalue weighted by molar-refractivity contribution is 5.97. The van der Waals surface area contributed by atoms with E-state index in [-0.39, 0.29) is 17.9 Å². The van der Waals surface area contributed by atoms with Gasteiger partial charge in [-0.3, -0.25) is 14.5 Å². The van der Waals surface area contributed by atoms with Crippen LogP contribution in [0.15, 0.2) is 18.2 Å². The van der Waals surface area contributed by atoms with Gasteiger partial charge in [0.1, 0.15) is 0 Å². The Morgan fingerprint density at radius 1 is 1.06 bits per heavy atom. The highest BCUT2D eigenvalue weighted by Gasteiger charge is 2.22. The summed E-state index contributed by atoms with van der Waals surface area (Å²) in [6.07, 6.45) is 8.69. The average molecular weight is 458 g/mol. The van der Waals surface area contributed by atoms with Crippen LogP contribution in [-0.4, -0.2) is 55.6 Å². The van der Waals surface area contributed by atoms with Crippen molar-refractivity contribution in [3.63, 3.8) is 0 Å². The van der Waals surface area contributed by atoms with Crippen molar-refractivity contribution in [2.24, 2.45) is 5.92 Å². The van der Waals surface area contributed by atoms with Crippen molar-refractivity contribution >= 4 is 17.5 Å². The van der Waals surface area contributed by atoms with Crippen LogP contribution >= 0.6 is 0 Å². The molecule has 6 nitrogen and oxygen atoms in total. The molecule has 6 heteroatoms. The normalized spacial score (nSPS) is 19.5. The van der Waals surface area contributed by atoms with Gasteiger partial charge in [0, 0.05) is 50.5 Å². The van der Waals surface area contributed by atoms with Crippen molar-refractivity contribution in [1.29, 1.82) is 0 Å². The van der Waals surface area contributed by atoms with Crippen LogP contribution < -0.4 is 10.2 Å². The fraction of sp³-hybridized carbons (Fsp3) is 0.704. The number of nitrogens with one attached hydrogen (secondary N) is 1. The fourth-order valence-electron chi connectivity index (χ4n) is 4.76. The van der Waals surface area contributed by atoms with Gasteiger partial charge in [-0.25, -0.2) is 0 Å². The zero-order valence-corrected chi connectivity index (χ0v) is 20.9. The third-order valence-corrected chi connectivity index (χ3v) is 6.84. The van der Waals surface area contributed by atoms with E-state index in [1.807, 2.05) is 23.1 Å². The largest absolute Gasteiger partial charge is 0.381 e. The van der Waals surface area contributed by atoms with E-state index in [1.165, 1.54) is 19.3 Å². The van der Waals surface area contributed by atoms with Crippen LogP contribution in [0.25, 0.3) is 0 Å². The minimum atomic E-state index is -0.0288. The van der Waals surface area contributed by atoms with E-state index in [0.29, 0.717) is 24.7 Å². The van der Waals surface area contributed by atoms with E-state index in [1.54, 1.807) is 6.92 Å². The van der Waals surface area contributed by atoms with E-state index >= 15 is 0 Å². The summed E-state index contributed by atoms with van der Waals surface area (Å²) < 4.78 is 5.42. The van der Waals surface area contributed by atoms with Crippen LogP contribution in [-0.2, 0) is 16.1 Å². The minimum absolute atomic E-state index is 0.0288. The predicted molar refractivity (Wildman–Crippen MR) is 134 cm³/mol. The first kappa shape index (κ1) is 25.7. The van der Waals surface area contributed by atoms with Crippen molar-refractivity contribution in [2.75, 3.05) is 37.7 Å². The molecule has 0 atom stereocenters. The van der Waals surface area contributed by atoms with Gasteiger partial charge in [0.05, 0.1) is 0 Å². The summed E-state index contributed by atoms with van der Waals surface area (Å²) >= 11 is 0. The molecule has 33 heavy (non-hydrogen) atoms. The number of rotatable bonds is 5. The molecule has 1 fully saturated rings. The monoisotopic (exact) mass is 457 g/mol. The summed E-state index contributed by atoms with van der Waals surface area (Å²) in [7, 11) is 0. The molecule has 0 aromatic heterocycles. The first-order chi connectivity index (χ1) is 15.9. The minimum Gasteiger partial charge on any atom is -0.381 e. The van der Waals surface area contributed by atoms with Gasteiger partial charge in [0.25, 0.3) is 5.91 Å². The SMILES string of the molecule is CC(=O)N1CCCCCCCN(CCC(C)C)Cc2cc(C(=O)NC3CCOCC3)ccc21. The summed E-state index contributed by atoms with van der Waals surface area (Å²) in [6, 6.07) is 6.06. The van der Waals surface area contributed by atoms with E-state index < -0.39 is 0 Å². The number of nitrogens with zero attached hydrogens (tertiary/aromatic N) is 2. The summed E-state index contributed by atoms with van der Waals surface area (Å²) in [5, 5.41) is 3.18. The number of amides is 2. The van der Waals surface area contributed by atoms with Gasteiger partial charge in [-0.2, -0.15) is 0 Å². The van der Waals surface area contributed by atoms with Crippen LogP contribution in [0.2, 0.25) is 0 Å². The molecular weight excluding hydrogens is 414 g/mol. The lowest BCUT2D eigenvalue weighted by molar-refractivity contribution is -0.116. The molecule has 0 aliphatic carbocycles. The third kappa shape index (κ3) is 8.11. The van der Waals surface area contributed by atoms with Crippen molar-refractivity contribution in [3.8, 4) is 0 Å². The van der Waals surface area contributed by atoms with E-state index in [0.717, 1.165) is 69.5 Å². The first-order valence-corrected chi connectivity index (χ1v) is 13.0. The van der Waals surface area contributed by atoms with Gasteiger partial charge >= 0.3 is 0 Å². The maximum absolute atomic E-state index is 13.0. The molecule has 2 heterocycles. The van der Waals surface area contributed by atoms with E-state index in [4.69, 9.17) is 4.74 Å². The molecule has 3 rings (SSSR count). The molecule has 0 spiro atoms. The van der Waals surface area contributed by atoms with Gasteiger partial charge in [0.2, 0.25) is 5.91 Å². The van der Waals surface area contributed by atoms with Crippen LogP contribution in [0.5, 0.6) is 0 Å². The zero-order chi connectivity index (χ0) is 23.6. The maximum atomic E-state index is 13.0. The summed E-state index contributed by atoms with van der Waals surface area (Å²) in [5.74, 6) is 0.691. The Morgan fingerprint density at radius 2 is 1.76 bits per heavy atom. The lowest BCUT2D eigenvalue weighted by Crippen LogP contribution is -2.39. The number of ether oxygens (including phenoxy) is 1. The second kappa shape index (κ2) is 13.1. The smallest absolute Gasteiger partial charge is 0.251 e. The summed E-state index contributed by atoms with van der Waals surface area (Å²) in [6.45, 7) is 11.2. The zero-order valence-electron chi connectivity index (χ0n) is 20.9. The maximum Gasteiger partial charge on any atom is 0.251 e. The number of fused-ring (bicyclic) bond motifs is 1. The topological polar surface area (TPSA) is 61.9 Å². The van der Waals surface area contributed by atoms with Crippen molar-refractivity contribution in [3.05, 3.63) is 29.3 Å². The molecule has 2 aliphatic rings.